The van der Waals surface area contributed by atoms with Crippen LogP contribution in [0.4, 0.5) is 6.01 Å². The van der Waals surface area contributed by atoms with Gasteiger partial charge in [-0.05, 0) is 0 Å². The Morgan fingerprint density at radius 2 is 2.20 bits per heavy atom. The molecule has 0 spiro atoms. The first-order valence-electron chi connectivity index (χ1n) is 6.34. The van der Waals surface area contributed by atoms with Crippen LogP contribution in [-0.2, 0) is 4.79 Å². The highest BCUT2D eigenvalue weighted by molar-refractivity contribution is 5.74. The molecule has 2 aromatic rings. The quantitative estimate of drug-likeness (QED) is 0.846. The van der Waals surface area contributed by atoms with Crippen molar-refractivity contribution in [3.8, 4) is 11.4 Å². The first-order valence-corrected chi connectivity index (χ1v) is 6.34. The molecule has 1 aliphatic heterocycles. The molecule has 0 amide bonds. The van der Waals surface area contributed by atoms with Crippen LogP contribution in [0.5, 0.6) is 0 Å². The van der Waals surface area contributed by atoms with E-state index >= 15 is 0 Å². The Bertz CT molecular complexity index is 599. The normalized spacial score (nSPS) is 19.0. The summed E-state index contributed by atoms with van der Waals surface area (Å²) in [6.07, 6.45) is 0. The Balaban J connectivity index is 1.78. The van der Waals surface area contributed by atoms with Crippen LogP contribution in [0.2, 0.25) is 0 Å². The molecule has 1 atom stereocenters. The summed E-state index contributed by atoms with van der Waals surface area (Å²) >= 11 is 0. The fourth-order valence-electron chi connectivity index (χ4n) is 2.14. The van der Waals surface area contributed by atoms with Crippen molar-refractivity contribution in [1.82, 2.24) is 15.5 Å². The number of hydrogen-bond acceptors (Lipinski definition) is 6. The highest BCUT2D eigenvalue weighted by Crippen LogP contribution is 2.20. The van der Waals surface area contributed by atoms with E-state index < -0.39 is 12.0 Å². The third-order valence-corrected chi connectivity index (χ3v) is 3.19. The van der Waals surface area contributed by atoms with Crippen molar-refractivity contribution in [1.29, 1.82) is 0 Å². The summed E-state index contributed by atoms with van der Waals surface area (Å²) in [5.41, 5.74) is 0.868. The van der Waals surface area contributed by atoms with E-state index in [1.54, 1.807) is 4.90 Å². The maximum Gasteiger partial charge on any atom is 0.324 e. The molecule has 1 unspecified atom stereocenters. The number of aliphatic carboxylic acids is 1. The number of benzene rings is 1. The van der Waals surface area contributed by atoms with Crippen LogP contribution in [0.1, 0.15) is 0 Å². The van der Waals surface area contributed by atoms with Gasteiger partial charge >= 0.3 is 12.0 Å². The fraction of sp³-hybridized carbons (Fsp3) is 0.308. The molecule has 1 fully saturated rings. The van der Waals surface area contributed by atoms with Gasteiger partial charge in [0.15, 0.2) is 0 Å². The summed E-state index contributed by atoms with van der Waals surface area (Å²) in [6.45, 7) is 1.52. The van der Waals surface area contributed by atoms with Crippen LogP contribution >= 0.6 is 0 Å². The number of nitrogens with one attached hydrogen (secondary N) is 1. The Hall–Kier alpha value is -2.41. The van der Waals surface area contributed by atoms with E-state index in [0.29, 0.717) is 31.5 Å². The summed E-state index contributed by atoms with van der Waals surface area (Å²) in [6, 6.07) is 9.25. The van der Waals surface area contributed by atoms with Gasteiger partial charge in [0.25, 0.3) is 0 Å². The highest BCUT2D eigenvalue weighted by atomic mass is 16.5. The number of piperazine rings is 1. The average Bonchev–Trinajstić information content (AvgIpc) is 2.98. The minimum atomic E-state index is -0.877. The molecule has 0 saturated carbocycles. The van der Waals surface area contributed by atoms with Gasteiger partial charge in [-0.15, -0.1) is 0 Å². The van der Waals surface area contributed by atoms with Gasteiger partial charge in [-0.3, -0.25) is 4.79 Å². The third kappa shape index (κ3) is 2.48. The molecular weight excluding hydrogens is 260 g/mol. The third-order valence-electron chi connectivity index (χ3n) is 3.19. The Morgan fingerprint density at radius 3 is 2.95 bits per heavy atom. The molecule has 104 valence electrons. The van der Waals surface area contributed by atoms with Crippen molar-refractivity contribution in [3.63, 3.8) is 0 Å². The van der Waals surface area contributed by atoms with Gasteiger partial charge in [0.1, 0.15) is 6.04 Å². The summed E-state index contributed by atoms with van der Waals surface area (Å²) in [5.74, 6) is -0.372. The van der Waals surface area contributed by atoms with Gasteiger partial charge in [-0.1, -0.05) is 35.5 Å². The second-order valence-electron chi connectivity index (χ2n) is 4.56. The molecule has 7 nitrogen and oxygen atoms in total. The van der Waals surface area contributed by atoms with E-state index in [4.69, 9.17) is 9.63 Å². The lowest BCUT2D eigenvalue weighted by molar-refractivity contribution is -0.139. The minimum absolute atomic E-state index is 0.311. The van der Waals surface area contributed by atoms with Gasteiger partial charge < -0.3 is 19.8 Å². The topological polar surface area (TPSA) is 91.5 Å². The first kappa shape index (κ1) is 12.6. The zero-order valence-electron chi connectivity index (χ0n) is 10.7. The standard InChI is InChI=1S/C13H14N4O3/c18-12(19)10-8-17(7-6-14-10)13-15-11(16-20-13)9-4-2-1-3-5-9/h1-5,10,14H,6-8H2,(H,18,19). The predicted octanol–water partition coefficient (Wildman–Crippen LogP) is 0.599. The van der Waals surface area contributed by atoms with Gasteiger partial charge in [-0.25, -0.2) is 0 Å². The van der Waals surface area contributed by atoms with Crippen LogP contribution in [-0.4, -0.2) is 46.9 Å². The van der Waals surface area contributed by atoms with Crippen molar-refractivity contribution in [2.45, 2.75) is 6.04 Å². The molecule has 1 saturated heterocycles. The maximum absolute atomic E-state index is 11.0. The molecule has 1 aliphatic rings. The van der Waals surface area contributed by atoms with Crippen LogP contribution in [0, 0.1) is 0 Å². The molecule has 0 bridgehead atoms. The predicted molar refractivity (Wildman–Crippen MR) is 71.4 cm³/mol. The van der Waals surface area contributed by atoms with E-state index in [1.807, 2.05) is 30.3 Å². The van der Waals surface area contributed by atoms with E-state index in [-0.39, 0.29) is 0 Å². The SMILES string of the molecule is O=C(O)C1CN(c2nc(-c3ccccc3)no2)CCN1. The zero-order valence-corrected chi connectivity index (χ0v) is 10.7. The average molecular weight is 274 g/mol. The zero-order chi connectivity index (χ0) is 13.9. The van der Waals surface area contributed by atoms with Crippen molar-refractivity contribution >= 4 is 12.0 Å². The summed E-state index contributed by atoms with van der Waals surface area (Å²) in [4.78, 5) is 17.1. The lowest BCUT2D eigenvalue weighted by atomic mass is 10.2. The maximum atomic E-state index is 11.0. The minimum Gasteiger partial charge on any atom is -0.480 e. The smallest absolute Gasteiger partial charge is 0.324 e. The summed E-state index contributed by atoms with van der Waals surface area (Å²) < 4.78 is 5.23. The second kappa shape index (κ2) is 5.30. The van der Waals surface area contributed by atoms with Crippen LogP contribution in [0.25, 0.3) is 11.4 Å². The van der Waals surface area contributed by atoms with Crippen molar-refractivity contribution in [3.05, 3.63) is 30.3 Å². The van der Waals surface area contributed by atoms with E-state index in [2.05, 4.69) is 15.5 Å². The molecule has 3 rings (SSSR count). The monoisotopic (exact) mass is 274 g/mol. The largest absolute Gasteiger partial charge is 0.480 e. The number of aromatic nitrogens is 2. The molecule has 0 radical (unpaired) electrons. The number of anilines is 1. The molecule has 7 heteroatoms. The highest BCUT2D eigenvalue weighted by Gasteiger charge is 2.27. The van der Waals surface area contributed by atoms with E-state index in [9.17, 15) is 4.79 Å². The summed E-state index contributed by atoms with van der Waals surface area (Å²) in [7, 11) is 0. The van der Waals surface area contributed by atoms with Crippen molar-refractivity contribution in [2.75, 3.05) is 24.5 Å². The molecule has 2 N–H and O–H groups in total. The van der Waals surface area contributed by atoms with E-state index in [0.717, 1.165) is 5.56 Å². The van der Waals surface area contributed by atoms with Crippen molar-refractivity contribution < 1.29 is 14.4 Å². The van der Waals surface area contributed by atoms with Gasteiger partial charge in [0.05, 0.1) is 0 Å². The lowest BCUT2D eigenvalue weighted by Gasteiger charge is -2.29. The fourth-order valence-corrected chi connectivity index (χ4v) is 2.14. The Kier molecular flexibility index (Phi) is 3.34. The van der Waals surface area contributed by atoms with E-state index in [1.165, 1.54) is 0 Å². The number of hydrogen-bond donors (Lipinski definition) is 2. The molecule has 0 aliphatic carbocycles. The van der Waals surface area contributed by atoms with Gasteiger partial charge in [0, 0.05) is 25.2 Å². The first-order chi connectivity index (χ1) is 9.74. The number of carboxylic acids is 1. The van der Waals surface area contributed by atoms with Crippen LogP contribution < -0.4 is 10.2 Å². The Morgan fingerprint density at radius 1 is 1.40 bits per heavy atom. The number of rotatable bonds is 3. The van der Waals surface area contributed by atoms with Gasteiger partial charge in [0.2, 0.25) is 5.82 Å². The molecule has 1 aromatic carbocycles. The second-order valence-corrected chi connectivity index (χ2v) is 4.56. The molecule has 1 aromatic heterocycles. The van der Waals surface area contributed by atoms with Gasteiger partial charge in [-0.2, -0.15) is 4.98 Å². The number of nitrogens with zero attached hydrogens (tertiary/aromatic N) is 3. The Labute approximate surface area is 115 Å². The van der Waals surface area contributed by atoms with Crippen LogP contribution in [0.3, 0.4) is 0 Å². The summed E-state index contributed by atoms with van der Waals surface area (Å²) in [5, 5.41) is 15.9. The van der Waals surface area contributed by atoms with Crippen molar-refractivity contribution in [2.24, 2.45) is 0 Å². The molecule has 2 heterocycles. The number of carboxylic acid groups (broad SMARTS) is 1. The molecule has 20 heavy (non-hydrogen) atoms. The van der Waals surface area contributed by atoms with Crippen LogP contribution in [0.15, 0.2) is 34.9 Å². The number of carbonyl (C=O) groups is 1. The lowest BCUT2D eigenvalue weighted by Crippen LogP contribution is -2.54. The molecular formula is C13H14N4O3.